The summed E-state index contributed by atoms with van der Waals surface area (Å²) in [5, 5.41) is 3.53. The Balaban J connectivity index is 2.50. The van der Waals surface area contributed by atoms with Crippen LogP contribution >= 0.6 is 23.4 Å². The second-order valence-corrected chi connectivity index (χ2v) is 4.54. The monoisotopic (exact) mass is 289 g/mol. The molecular formula is C11H16ClN3O2S. The van der Waals surface area contributed by atoms with Gasteiger partial charge in [-0.1, -0.05) is 23.4 Å². The number of nitrogens with one attached hydrogen (secondary N) is 1. The Labute approximate surface area is 116 Å². The lowest BCUT2D eigenvalue weighted by molar-refractivity contribution is 0.0938. The predicted octanol–water partition coefficient (Wildman–Crippen LogP) is 2.01. The van der Waals surface area contributed by atoms with Gasteiger partial charge >= 0.3 is 0 Å². The molecule has 0 unspecified atom stereocenters. The fourth-order valence-corrected chi connectivity index (χ4v) is 1.73. The lowest BCUT2D eigenvalue weighted by Gasteiger charge is -2.06. The molecule has 5 nitrogen and oxygen atoms in total. The lowest BCUT2D eigenvalue weighted by Crippen LogP contribution is -2.26. The molecule has 0 fully saturated rings. The average Bonchev–Trinajstić information content (AvgIpc) is 2.39. The Kier molecular flexibility index (Phi) is 7.00. The third-order valence-electron chi connectivity index (χ3n) is 2.07. The third-order valence-corrected chi connectivity index (χ3v) is 2.91. The van der Waals surface area contributed by atoms with Crippen LogP contribution < -0.4 is 5.32 Å². The number of carbonyl (C=O) groups excluding carboxylic acids is 1. The second-order valence-electron chi connectivity index (χ2n) is 3.36. The Bertz CT molecular complexity index is 404. The summed E-state index contributed by atoms with van der Waals surface area (Å²) in [4.78, 5) is 19.9. The number of aromatic nitrogens is 2. The molecule has 0 aliphatic rings. The quantitative estimate of drug-likeness (QED) is 0.472. The van der Waals surface area contributed by atoms with Gasteiger partial charge in [-0.05, 0) is 19.6 Å². The molecule has 1 aromatic rings. The number of halogens is 1. The molecule has 1 aromatic heterocycles. The summed E-state index contributed by atoms with van der Waals surface area (Å²) in [7, 11) is 0. The van der Waals surface area contributed by atoms with E-state index in [-0.39, 0.29) is 16.6 Å². The first-order valence-electron chi connectivity index (χ1n) is 5.61. The van der Waals surface area contributed by atoms with Crippen LogP contribution in [0, 0.1) is 0 Å². The topological polar surface area (TPSA) is 64.1 Å². The fraction of sp³-hybridized carbons (Fsp3) is 0.545. The highest BCUT2D eigenvalue weighted by Gasteiger charge is 2.13. The summed E-state index contributed by atoms with van der Waals surface area (Å²) in [6.07, 6.45) is 4.04. The van der Waals surface area contributed by atoms with Crippen molar-refractivity contribution in [3.63, 3.8) is 0 Å². The molecule has 0 aliphatic heterocycles. The molecule has 0 bridgehead atoms. The van der Waals surface area contributed by atoms with E-state index in [9.17, 15) is 4.79 Å². The van der Waals surface area contributed by atoms with Crippen LogP contribution in [-0.2, 0) is 4.74 Å². The van der Waals surface area contributed by atoms with Gasteiger partial charge in [-0.15, -0.1) is 0 Å². The molecule has 0 saturated heterocycles. The zero-order chi connectivity index (χ0) is 13.4. The molecule has 0 aromatic carbocycles. The summed E-state index contributed by atoms with van der Waals surface area (Å²) < 4.78 is 5.17. The highest BCUT2D eigenvalue weighted by atomic mass is 35.5. The van der Waals surface area contributed by atoms with E-state index in [2.05, 4.69) is 15.3 Å². The molecule has 1 heterocycles. The predicted molar refractivity (Wildman–Crippen MR) is 72.3 cm³/mol. The molecule has 7 heteroatoms. The van der Waals surface area contributed by atoms with Crippen LogP contribution in [0.25, 0.3) is 0 Å². The van der Waals surface area contributed by atoms with Crippen molar-refractivity contribution in [2.75, 3.05) is 26.0 Å². The number of ether oxygens (including phenoxy) is 1. The van der Waals surface area contributed by atoms with E-state index in [0.29, 0.717) is 24.9 Å². The minimum Gasteiger partial charge on any atom is -0.382 e. The molecule has 100 valence electrons. The van der Waals surface area contributed by atoms with Gasteiger partial charge in [0.25, 0.3) is 5.91 Å². The zero-order valence-corrected chi connectivity index (χ0v) is 12.0. The number of rotatable bonds is 7. The fourth-order valence-electron chi connectivity index (χ4n) is 1.21. The van der Waals surface area contributed by atoms with Crippen molar-refractivity contribution in [3.8, 4) is 0 Å². The highest BCUT2D eigenvalue weighted by Crippen LogP contribution is 2.16. The Morgan fingerprint density at radius 1 is 1.61 bits per heavy atom. The number of nitrogens with zero attached hydrogens (tertiary/aromatic N) is 2. The van der Waals surface area contributed by atoms with Gasteiger partial charge in [0.15, 0.2) is 10.9 Å². The van der Waals surface area contributed by atoms with E-state index < -0.39 is 0 Å². The number of hydrogen-bond donors (Lipinski definition) is 1. The van der Waals surface area contributed by atoms with E-state index in [1.165, 1.54) is 18.0 Å². The summed E-state index contributed by atoms with van der Waals surface area (Å²) >= 11 is 7.25. The first-order valence-corrected chi connectivity index (χ1v) is 7.21. The van der Waals surface area contributed by atoms with Gasteiger partial charge in [-0.2, -0.15) is 0 Å². The molecule has 0 atom stereocenters. The molecule has 1 amide bonds. The van der Waals surface area contributed by atoms with Crippen molar-refractivity contribution >= 4 is 29.3 Å². The maximum atomic E-state index is 11.8. The van der Waals surface area contributed by atoms with E-state index in [1.54, 1.807) is 0 Å². The van der Waals surface area contributed by atoms with Gasteiger partial charge in [0.2, 0.25) is 0 Å². The third kappa shape index (κ3) is 4.80. The van der Waals surface area contributed by atoms with Crippen LogP contribution in [-0.4, -0.2) is 41.9 Å². The van der Waals surface area contributed by atoms with E-state index in [4.69, 9.17) is 16.3 Å². The first kappa shape index (κ1) is 15.2. The number of thioether (sulfide) groups is 1. The van der Waals surface area contributed by atoms with Crippen molar-refractivity contribution in [2.45, 2.75) is 18.5 Å². The van der Waals surface area contributed by atoms with Gasteiger partial charge < -0.3 is 10.1 Å². The van der Waals surface area contributed by atoms with Crippen molar-refractivity contribution in [1.29, 1.82) is 0 Å². The Hall–Kier alpha value is -0.850. The number of carbonyl (C=O) groups is 1. The van der Waals surface area contributed by atoms with Gasteiger partial charge in [0, 0.05) is 19.8 Å². The summed E-state index contributed by atoms with van der Waals surface area (Å²) in [5.74, 6) is -0.283. The van der Waals surface area contributed by atoms with Gasteiger partial charge in [0.1, 0.15) is 0 Å². The Morgan fingerprint density at radius 3 is 3.06 bits per heavy atom. The van der Waals surface area contributed by atoms with Crippen LogP contribution in [0.1, 0.15) is 23.8 Å². The van der Waals surface area contributed by atoms with Gasteiger partial charge in [-0.25, -0.2) is 9.97 Å². The van der Waals surface area contributed by atoms with E-state index in [1.807, 2.05) is 13.2 Å². The minimum absolute atomic E-state index is 0.215. The maximum Gasteiger partial charge on any atom is 0.271 e. The van der Waals surface area contributed by atoms with Crippen LogP contribution in [0.4, 0.5) is 0 Å². The smallest absolute Gasteiger partial charge is 0.271 e. The highest BCUT2D eigenvalue weighted by molar-refractivity contribution is 7.98. The second kappa shape index (κ2) is 8.29. The molecule has 0 spiro atoms. The molecule has 1 N–H and O–H groups in total. The van der Waals surface area contributed by atoms with Crippen LogP contribution in [0.15, 0.2) is 11.4 Å². The molecule has 1 rings (SSSR count). The molecule has 0 radical (unpaired) electrons. The standard InChI is InChI=1S/C11H16ClN3O2S/c1-3-17-6-4-5-13-10(16)9-8(12)7-14-11(15-9)18-2/h7H,3-6H2,1-2H3,(H,13,16). The summed E-state index contributed by atoms with van der Waals surface area (Å²) in [6, 6.07) is 0. The maximum absolute atomic E-state index is 11.8. The van der Waals surface area contributed by atoms with Crippen molar-refractivity contribution in [3.05, 3.63) is 16.9 Å². The van der Waals surface area contributed by atoms with E-state index >= 15 is 0 Å². The molecule has 0 saturated carbocycles. The van der Waals surface area contributed by atoms with Crippen LogP contribution in [0.5, 0.6) is 0 Å². The van der Waals surface area contributed by atoms with Gasteiger partial charge in [0.05, 0.1) is 11.2 Å². The van der Waals surface area contributed by atoms with E-state index in [0.717, 1.165) is 6.42 Å². The zero-order valence-electron chi connectivity index (χ0n) is 10.4. The minimum atomic E-state index is -0.283. The van der Waals surface area contributed by atoms with Crippen molar-refractivity contribution in [1.82, 2.24) is 15.3 Å². The van der Waals surface area contributed by atoms with Gasteiger partial charge in [-0.3, -0.25) is 4.79 Å². The summed E-state index contributed by atoms with van der Waals surface area (Å²) in [5.41, 5.74) is 0.215. The number of hydrogen-bond acceptors (Lipinski definition) is 5. The summed E-state index contributed by atoms with van der Waals surface area (Å²) in [6.45, 7) is 3.78. The molecule has 0 aliphatic carbocycles. The lowest BCUT2D eigenvalue weighted by atomic mass is 10.3. The number of amides is 1. The SMILES string of the molecule is CCOCCCNC(=O)c1nc(SC)ncc1Cl. The molecule has 18 heavy (non-hydrogen) atoms. The van der Waals surface area contributed by atoms with Crippen molar-refractivity contribution < 1.29 is 9.53 Å². The Morgan fingerprint density at radius 2 is 2.39 bits per heavy atom. The van der Waals surface area contributed by atoms with Crippen molar-refractivity contribution in [2.24, 2.45) is 0 Å². The normalized spacial score (nSPS) is 10.4. The largest absolute Gasteiger partial charge is 0.382 e. The first-order chi connectivity index (χ1) is 8.69. The van der Waals surface area contributed by atoms with Crippen LogP contribution in [0.2, 0.25) is 5.02 Å². The van der Waals surface area contributed by atoms with Crippen LogP contribution in [0.3, 0.4) is 0 Å². The molecular weight excluding hydrogens is 274 g/mol. The average molecular weight is 290 g/mol.